The lowest BCUT2D eigenvalue weighted by molar-refractivity contribution is -0.120. The summed E-state index contributed by atoms with van der Waals surface area (Å²) in [6, 6.07) is 8.42. The number of amides is 1. The first-order valence-electron chi connectivity index (χ1n) is 9.33. The summed E-state index contributed by atoms with van der Waals surface area (Å²) >= 11 is 0. The van der Waals surface area contributed by atoms with Gasteiger partial charge in [0, 0.05) is 48.5 Å². The van der Waals surface area contributed by atoms with Gasteiger partial charge in [-0.2, -0.15) is 0 Å². The van der Waals surface area contributed by atoms with E-state index >= 15 is 0 Å². The Balaban J connectivity index is 1.53. The van der Waals surface area contributed by atoms with E-state index in [2.05, 4.69) is 37.3 Å². The number of nitrogens with one attached hydrogen (secondary N) is 1. The minimum Gasteiger partial charge on any atom is -0.370 e. The summed E-state index contributed by atoms with van der Waals surface area (Å²) in [5.74, 6) is 0.145. The molecule has 3 N–H and O–H groups in total. The number of nitrogens with zero attached hydrogens (tertiary/aromatic N) is 4. The Labute approximate surface area is 158 Å². The number of hydrogen-bond acceptors (Lipinski definition) is 6. The molecule has 27 heavy (non-hydrogen) atoms. The minimum atomic E-state index is -0.324. The number of anilines is 3. The molecule has 140 valence electrons. The predicted molar refractivity (Wildman–Crippen MR) is 107 cm³/mol. The molecule has 2 aliphatic rings. The quantitative estimate of drug-likeness (QED) is 0.865. The lowest BCUT2D eigenvalue weighted by Gasteiger charge is -2.22. The van der Waals surface area contributed by atoms with Crippen LogP contribution >= 0.6 is 0 Å². The monoisotopic (exact) mass is 364 g/mol. The van der Waals surface area contributed by atoms with E-state index in [1.165, 1.54) is 5.69 Å². The second kappa shape index (κ2) is 7.08. The van der Waals surface area contributed by atoms with Crippen LogP contribution in [0.5, 0.6) is 0 Å². The molecule has 4 rings (SSSR count). The van der Waals surface area contributed by atoms with E-state index in [1.807, 2.05) is 26.0 Å². The fourth-order valence-electron chi connectivity index (χ4n) is 3.65. The number of rotatable bonds is 4. The van der Waals surface area contributed by atoms with Crippen LogP contribution in [0.2, 0.25) is 0 Å². The molecule has 1 aromatic heterocycles. The largest absolute Gasteiger partial charge is 0.370 e. The van der Waals surface area contributed by atoms with E-state index in [-0.39, 0.29) is 23.8 Å². The van der Waals surface area contributed by atoms with Gasteiger partial charge in [0.25, 0.3) is 5.91 Å². The van der Waals surface area contributed by atoms with Crippen molar-refractivity contribution >= 4 is 29.4 Å². The number of aromatic nitrogens is 2. The summed E-state index contributed by atoms with van der Waals surface area (Å²) in [5, 5.41) is 3.23. The van der Waals surface area contributed by atoms with E-state index < -0.39 is 0 Å². The first-order valence-corrected chi connectivity index (χ1v) is 9.33. The second-order valence-electron chi connectivity index (χ2n) is 7.52. The lowest BCUT2D eigenvalue weighted by Crippen LogP contribution is -2.26. The molecular weight excluding hydrogens is 340 g/mol. The summed E-state index contributed by atoms with van der Waals surface area (Å²) in [7, 11) is 0. The van der Waals surface area contributed by atoms with Crippen LogP contribution in [0.1, 0.15) is 37.4 Å². The maximum Gasteiger partial charge on any atom is 0.255 e. The van der Waals surface area contributed by atoms with E-state index in [9.17, 15) is 4.79 Å². The average Bonchev–Trinajstić information content (AvgIpc) is 3.08. The highest BCUT2D eigenvalue weighted by Gasteiger charge is 2.30. The van der Waals surface area contributed by atoms with Crippen LogP contribution in [0, 0.1) is 5.92 Å². The van der Waals surface area contributed by atoms with Crippen LogP contribution in [0.3, 0.4) is 0 Å². The molecule has 1 saturated heterocycles. The Morgan fingerprint density at radius 3 is 2.70 bits per heavy atom. The van der Waals surface area contributed by atoms with E-state index in [0.29, 0.717) is 5.95 Å². The summed E-state index contributed by atoms with van der Waals surface area (Å²) in [6.07, 6.45) is 4.30. The molecule has 1 aromatic carbocycles. The number of fused-ring (bicyclic) bond motifs is 1. The van der Waals surface area contributed by atoms with Crippen molar-refractivity contribution in [3.63, 3.8) is 0 Å². The highest BCUT2D eigenvalue weighted by atomic mass is 16.1. The van der Waals surface area contributed by atoms with Crippen LogP contribution in [-0.4, -0.2) is 41.2 Å². The molecular formula is C20H24N6O. The van der Waals surface area contributed by atoms with Crippen LogP contribution in [0.4, 0.5) is 17.3 Å². The van der Waals surface area contributed by atoms with Crippen LogP contribution in [-0.2, 0) is 4.79 Å². The van der Waals surface area contributed by atoms with Crippen molar-refractivity contribution in [1.29, 1.82) is 0 Å². The van der Waals surface area contributed by atoms with E-state index in [0.717, 1.165) is 36.5 Å². The SMILES string of the molecule is CC(C)C1C(=O)N=Cc2cnc(Nc3ccc(N4CCC(N)C4)cc3)nc21. The highest BCUT2D eigenvalue weighted by Crippen LogP contribution is 2.30. The molecule has 7 heteroatoms. The summed E-state index contributed by atoms with van der Waals surface area (Å²) in [4.78, 5) is 27.4. The molecule has 2 aromatic rings. The number of nitrogens with two attached hydrogens (primary N) is 1. The van der Waals surface area contributed by atoms with Crippen LogP contribution in [0.15, 0.2) is 35.5 Å². The van der Waals surface area contributed by atoms with Crippen molar-refractivity contribution in [2.24, 2.45) is 16.6 Å². The highest BCUT2D eigenvalue weighted by molar-refractivity contribution is 6.00. The number of carbonyl (C=O) groups is 1. The topological polar surface area (TPSA) is 96.5 Å². The van der Waals surface area contributed by atoms with Gasteiger partial charge in [0.2, 0.25) is 5.95 Å². The van der Waals surface area contributed by atoms with Gasteiger partial charge < -0.3 is 16.0 Å². The van der Waals surface area contributed by atoms with Crippen LogP contribution < -0.4 is 16.0 Å². The van der Waals surface area contributed by atoms with E-state index in [1.54, 1.807) is 12.4 Å². The fourth-order valence-corrected chi connectivity index (χ4v) is 3.65. The zero-order valence-corrected chi connectivity index (χ0v) is 15.6. The molecule has 1 amide bonds. The normalized spacial score (nSPS) is 21.6. The Morgan fingerprint density at radius 2 is 2.04 bits per heavy atom. The summed E-state index contributed by atoms with van der Waals surface area (Å²) < 4.78 is 0. The van der Waals surface area contributed by atoms with Crippen molar-refractivity contribution in [2.45, 2.75) is 32.2 Å². The number of hydrogen-bond donors (Lipinski definition) is 2. The zero-order valence-electron chi connectivity index (χ0n) is 15.6. The smallest absolute Gasteiger partial charge is 0.255 e. The third-order valence-electron chi connectivity index (χ3n) is 5.12. The van der Waals surface area contributed by atoms with Gasteiger partial charge in [-0.3, -0.25) is 4.79 Å². The number of aliphatic imine (C=N–C) groups is 1. The minimum absolute atomic E-state index is 0.127. The van der Waals surface area contributed by atoms with Gasteiger partial charge in [-0.15, -0.1) is 0 Å². The van der Waals surface area contributed by atoms with Crippen molar-refractivity contribution in [3.8, 4) is 0 Å². The first-order chi connectivity index (χ1) is 13.0. The number of benzene rings is 1. The molecule has 2 unspecified atom stereocenters. The van der Waals surface area contributed by atoms with Crippen molar-refractivity contribution < 1.29 is 4.79 Å². The van der Waals surface area contributed by atoms with Gasteiger partial charge in [0.15, 0.2) is 0 Å². The molecule has 2 aliphatic heterocycles. The third kappa shape index (κ3) is 3.55. The molecule has 0 aliphatic carbocycles. The Bertz CT molecular complexity index is 877. The maximum atomic E-state index is 12.2. The van der Waals surface area contributed by atoms with Gasteiger partial charge in [-0.25, -0.2) is 15.0 Å². The van der Waals surface area contributed by atoms with Crippen molar-refractivity contribution in [3.05, 3.63) is 41.7 Å². The Morgan fingerprint density at radius 1 is 1.26 bits per heavy atom. The van der Waals surface area contributed by atoms with Gasteiger partial charge in [0.1, 0.15) is 0 Å². The van der Waals surface area contributed by atoms with Gasteiger partial charge in [-0.05, 0) is 36.6 Å². The maximum absolute atomic E-state index is 12.2. The summed E-state index contributed by atoms with van der Waals surface area (Å²) in [6.45, 7) is 5.90. The molecule has 1 fully saturated rings. The molecule has 7 nitrogen and oxygen atoms in total. The van der Waals surface area contributed by atoms with Crippen LogP contribution in [0.25, 0.3) is 0 Å². The Kier molecular flexibility index (Phi) is 4.61. The molecule has 0 spiro atoms. The van der Waals surface area contributed by atoms with E-state index in [4.69, 9.17) is 5.73 Å². The third-order valence-corrected chi connectivity index (χ3v) is 5.12. The second-order valence-corrected chi connectivity index (χ2v) is 7.52. The Hall–Kier alpha value is -2.80. The molecule has 0 saturated carbocycles. The molecule has 3 heterocycles. The van der Waals surface area contributed by atoms with Gasteiger partial charge in [0.05, 0.1) is 11.6 Å². The predicted octanol–water partition coefficient (Wildman–Crippen LogP) is 2.46. The van der Waals surface area contributed by atoms with Gasteiger partial charge >= 0.3 is 0 Å². The van der Waals surface area contributed by atoms with Gasteiger partial charge in [-0.1, -0.05) is 13.8 Å². The average molecular weight is 364 g/mol. The van der Waals surface area contributed by atoms with Crippen molar-refractivity contribution in [2.75, 3.05) is 23.3 Å². The lowest BCUT2D eigenvalue weighted by atomic mass is 9.88. The fraction of sp³-hybridized carbons (Fsp3) is 0.400. The molecule has 0 radical (unpaired) electrons. The number of carbonyl (C=O) groups excluding carboxylic acids is 1. The first kappa shape index (κ1) is 17.6. The molecule has 2 atom stereocenters. The van der Waals surface area contributed by atoms with Crippen molar-refractivity contribution in [1.82, 2.24) is 9.97 Å². The standard InChI is InChI=1S/C20H24N6O/c1-12(2)17-18-13(9-22-19(17)27)10-23-20(25-18)24-15-3-5-16(6-4-15)26-8-7-14(21)11-26/h3-6,9-10,12,14,17H,7-8,11,21H2,1-2H3,(H,23,24,25). The molecule has 0 bridgehead atoms. The summed E-state index contributed by atoms with van der Waals surface area (Å²) in [5.41, 5.74) is 9.60. The zero-order chi connectivity index (χ0) is 19.0.